The van der Waals surface area contributed by atoms with Crippen LogP contribution in [0.5, 0.6) is 0 Å². The van der Waals surface area contributed by atoms with E-state index in [-0.39, 0.29) is 23.3 Å². The number of rotatable bonds is 5. The molecule has 0 bridgehead atoms. The quantitative estimate of drug-likeness (QED) is 0.512. The fourth-order valence-corrected chi connectivity index (χ4v) is 3.18. The molecule has 0 aliphatic rings. The summed E-state index contributed by atoms with van der Waals surface area (Å²) in [6.45, 7) is 4.09. The van der Waals surface area contributed by atoms with Crippen LogP contribution in [0, 0.1) is 5.82 Å². The summed E-state index contributed by atoms with van der Waals surface area (Å²) < 4.78 is 20.5. The molecule has 0 saturated carbocycles. The number of anilines is 1. The fourth-order valence-electron chi connectivity index (χ4n) is 3.18. The molecular formula is C22H21FN4O2. The van der Waals surface area contributed by atoms with E-state index in [1.54, 1.807) is 16.7 Å². The van der Waals surface area contributed by atoms with E-state index in [2.05, 4.69) is 4.98 Å². The van der Waals surface area contributed by atoms with Gasteiger partial charge in [-0.2, -0.15) is 0 Å². The number of hydrogen-bond acceptors (Lipinski definition) is 5. The first-order valence-corrected chi connectivity index (χ1v) is 9.47. The Bertz CT molecular complexity index is 1200. The first kappa shape index (κ1) is 18.9. The van der Waals surface area contributed by atoms with E-state index >= 15 is 0 Å². The number of ether oxygens (including phenoxy) is 1. The van der Waals surface area contributed by atoms with Crippen molar-refractivity contribution in [2.24, 2.45) is 0 Å². The Morgan fingerprint density at radius 2 is 1.79 bits per heavy atom. The number of aromatic nitrogens is 3. The van der Waals surface area contributed by atoms with E-state index in [1.807, 2.05) is 38.1 Å². The fraction of sp³-hybridized carbons (Fsp3) is 0.227. The standard InChI is InChI=1S/C22H21FN4O2/c1-3-13(2)29-22(28)18-19-21(26-17-7-5-4-6-16(17)25-19)27(20(18)24)12-14-8-10-15(23)11-9-14/h4-11,13H,3,12,24H2,1-2H3/t13-/m0/s1. The Morgan fingerprint density at radius 3 is 2.45 bits per heavy atom. The second-order valence-corrected chi connectivity index (χ2v) is 6.98. The molecule has 2 N–H and O–H groups in total. The minimum Gasteiger partial charge on any atom is -0.459 e. The molecular weight excluding hydrogens is 371 g/mol. The Kier molecular flexibility index (Phi) is 4.88. The third-order valence-electron chi connectivity index (χ3n) is 4.93. The molecule has 4 rings (SSSR count). The molecule has 1 atom stereocenters. The van der Waals surface area contributed by atoms with Gasteiger partial charge in [-0.1, -0.05) is 31.2 Å². The molecule has 29 heavy (non-hydrogen) atoms. The van der Waals surface area contributed by atoms with E-state index in [0.717, 1.165) is 5.56 Å². The highest BCUT2D eigenvalue weighted by atomic mass is 19.1. The van der Waals surface area contributed by atoms with Gasteiger partial charge < -0.3 is 15.0 Å². The zero-order chi connectivity index (χ0) is 20.5. The first-order chi connectivity index (χ1) is 14.0. The average molecular weight is 392 g/mol. The number of para-hydroxylation sites is 2. The maximum Gasteiger partial charge on any atom is 0.344 e. The van der Waals surface area contributed by atoms with Gasteiger partial charge in [0.05, 0.1) is 23.7 Å². The zero-order valence-corrected chi connectivity index (χ0v) is 16.2. The van der Waals surface area contributed by atoms with Crippen LogP contribution in [0.15, 0.2) is 48.5 Å². The molecule has 2 aromatic heterocycles. The van der Waals surface area contributed by atoms with Crippen LogP contribution in [0.3, 0.4) is 0 Å². The summed E-state index contributed by atoms with van der Waals surface area (Å²) in [5.41, 5.74) is 9.66. The second-order valence-electron chi connectivity index (χ2n) is 6.98. The van der Waals surface area contributed by atoms with E-state index in [1.165, 1.54) is 12.1 Å². The number of benzene rings is 2. The van der Waals surface area contributed by atoms with Crippen molar-refractivity contribution < 1.29 is 13.9 Å². The lowest BCUT2D eigenvalue weighted by atomic mass is 10.2. The van der Waals surface area contributed by atoms with Gasteiger partial charge in [-0.3, -0.25) is 0 Å². The Hall–Kier alpha value is -3.48. The average Bonchev–Trinajstić information content (AvgIpc) is 2.98. The molecule has 0 amide bonds. The van der Waals surface area contributed by atoms with Crippen molar-refractivity contribution in [2.75, 3.05) is 5.73 Å². The number of hydrogen-bond donors (Lipinski definition) is 1. The lowest BCUT2D eigenvalue weighted by molar-refractivity contribution is 0.0338. The van der Waals surface area contributed by atoms with Crippen molar-refractivity contribution in [1.82, 2.24) is 14.5 Å². The maximum absolute atomic E-state index is 13.3. The number of nitrogen functional groups attached to an aromatic ring is 1. The third kappa shape index (κ3) is 3.51. The summed E-state index contributed by atoms with van der Waals surface area (Å²) in [5, 5.41) is 0. The van der Waals surface area contributed by atoms with E-state index < -0.39 is 5.97 Å². The number of nitrogens with two attached hydrogens (primary N) is 1. The molecule has 0 fully saturated rings. The zero-order valence-electron chi connectivity index (χ0n) is 16.2. The molecule has 6 nitrogen and oxygen atoms in total. The van der Waals surface area contributed by atoms with E-state index in [4.69, 9.17) is 15.5 Å². The van der Waals surface area contributed by atoms with E-state index in [9.17, 15) is 9.18 Å². The normalized spacial score (nSPS) is 12.4. The number of carbonyl (C=O) groups excluding carboxylic acids is 1. The van der Waals surface area contributed by atoms with Crippen LogP contribution < -0.4 is 5.73 Å². The molecule has 0 unspecified atom stereocenters. The lowest BCUT2D eigenvalue weighted by Gasteiger charge is -2.11. The highest BCUT2D eigenvalue weighted by molar-refractivity contribution is 6.08. The Balaban J connectivity index is 1.91. The van der Waals surface area contributed by atoms with Gasteiger partial charge >= 0.3 is 5.97 Å². The number of nitrogens with zero attached hydrogens (tertiary/aromatic N) is 3. The van der Waals surface area contributed by atoms with Crippen LogP contribution in [0.2, 0.25) is 0 Å². The molecule has 7 heteroatoms. The summed E-state index contributed by atoms with van der Waals surface area (Å²) in [7, 11) is 0. The largest absolute Gasteiger partial charge is 0.459 e. The molecule has 148 valence electrons. The molecule has 2 aromatic carbocycles. The SMILES string of the molecule is CC[C@H](C)OC(=O)c1c(N)n(Cc2ccc(F)cc2)c2nc3ccccc3nc12. The molecule has 2 heterocycles. The molecule has 0 spiro atoms. The molecule has 4 aromatic rings. The summed E-state index contributed by atoms with van der Waals surface area (Å²) in [6, 6.07) is 13.5. The highest BCUT2D eigenvalue weighted by Crippen LogP contribution is 2.29. The molecule has 0 radical (unpaired) electrons. The number of esters is 1. The van der Waals surface area contributed by atoms with Gasteiger partial charge in [0, 0.05) is 0 Å². The van der Waals surface area contributed by atoms with Gasteiger partial charge in [0.15, 0.2) is 5.65 Å². The van der Waals surface area contributed by atoms with Crippen LogP contribution in [0.4, 0.5) is 10.2 Å². The molecule has 0 saturated heterocycles. The lowest BCUT2D eigenvalue weighted by Crippen LogP contribution is -2.16. The minimum absolute atomic E-state index is 0.209. The van der Waals surface area contributed by atoms with Crippen molar-refractivity contribution in [3.05, 3.63) is 65.5 Å². The van der Waals surface area contributed by atoms with Crippen molar-refractivity contribution in [1.29, 1.82) is 0 Å². The minimum atomic E-state index is -0.524. The van der Waals surface area contributed by atoms with Crippen LogP contribution in [-0.4, -0.2) is 26.6 Å². The summed E-state index contributed by atoms with van der Waals surface area (Å²) in [4.78, 5) is 22.2. The topological polar surface area (TPSA) is 83.0 Å². The highest BCUT2D eigenvalue weighted by Gasteiger charge is 2.26. The van der Waals surface area contributed by atoms with Gasteiger partial charge in [0.25, 0.3) is 0 Å². The summed E-state index contributed by atoms with van der Waals surface area (Å²) >= 11 is 0. The smallest absolute Gasteiger partial charge is 0.344 e. The number of carbonyl (C=O) groups is 1. The third-order valence-corrected chi connectivity index (χ3v) is 4.93. The van der Waals surface area contributed by atoms with Gasteiger partial charge in [-0.25, -0.2) is 19.2 Å². The Morgan fingerprint density at radius 1 is 1.14 bits per heavy atom. The summed E-state index contributed by atoms with van der Waals surface area (Å²) in [5.74, 6) is -0.611. The van der Waals surface area contributed by atoms with Crippen LogP contribution in [-0.2, 0) is 11.3 Å². The predicted octanol–water partition coefficient (Wildman–Crippen LogP) is 4.31. The molecule has 0 aliphatic heterocycles. The Labute approximate surface area is 167 Å². The van der Waals surface area contributed by atoms with Crippen molar-refractivity contribution in [3.63, 3.8) is 0 Å². The van der Waals surface area contributed by atoms with Gasteiger partial charge in [0.1, 0.15) is 22.7 Å². The van der Waals surface area contributed by atoms with Crippen LogP contribution in [0.1, 0.15) is 36.2 Å². The van der Waals surface area contributed by atoms with Crippen molar-refractivity contribution in [2.45, 2.75) is 32.9 Å². The first-order valence-electron chi connectivity index (χ1n) is 9.47. The van der Waals surface area contributed by atoms with Gasteiger partial charge in [0.2, 0.25) is 0 Å². The van der Waals surface area contributed by atoms with Crippen molar-refractivity contribution in [3.8, 4) is 0 Å². The van der Waals surface area contributed by atoms with Crippen LogP contribution in [0.25, 0.3) is 22.2 Å². The molecule has 0 aliphatic carbocycles. The predicted molar refractivity (Wildman–Crippen MR) is 110 cm³/mol. The number of fused-ring (bicyclic) bond motifs is 2. The van der Waals surface area contributed by atoms with Crippen molar-refractivity contribution >= 4 is 34.0 Å². The number of halogens is 1. The summed E-state index contributed by atoms with van der Waals surface area (Å²) in [6.07, 6.45) is 0.444. The monoisotopic (exact) mass is 392 g/mol. The second kappa shape index (κ2) is 7.50. The van der Waals surface area contributed by atoms with E-state index in [0.29, 0.717) is 35.2 Å². The van der Waals surface area contributed by atoms with Gasteiger partial charge in [-0.05, 0) is 43.2 Å². The van der Waals surface area contributed by atoms with Gasteiger partial charge in [-0.15, -0.1) is 0 Å². The maximum atomic E-state index is 13.3. The van der Waals surface area contributed by atoms with Crippen LogP contribution >= 0.6 is 0 Å².